The Hall–Kier alpha value is -3.52. The van der Waals surface area contributed by atoms with Gasteiger partial charge in [-0.25, -0.2) is 5.43 Å². The molecule has 3 rings (SSSR count). The number of amides is 1. The van der Waals surface area contributed by atoms with Crippen LogP contribution in [0, 0.1) is 0 Å². The van der Waals surface area contributed by atoms with Gasteiger partial charge < -0.3 is 18.9 Å². The van der Waals surface area contributed by atoms with Crippen LogP contribution in [0.4, 0.5) is 0 Å². The van der Waals surface area contributed by atoms with Crippen LogP contribution in [0.15, 0.2) is 70.2 Å². The molecule has 0 atom stereocenters. The molecule has 0 bridgehead atoms. The summed E-state index contributed by atoms with van der Waals surface area (Å²) in [6.07, 6.45) is 1.53. The third kappa shape index (κ3) is 6.49. The Kier molecular flexibility index (Phi) is 8.71. The summed E-state index contributed by atoms with van der Waals surface area (Å²) in [5, 5.41) is 4.07. The summed E-state index contributed by atoms with van der Waals surface area (Å²) < 4.78 is 22.9. The number of rotatable bonds is 10. The van der Waals surface area contributed by atoms with Crippen LogP contribution in [-0.4, -0.2) is 32.9 Å². The van der Waals surface area contributed by atoms with E-state index in [1.807, 2.05) is 43.3 Å². The van der Waals surface area contributed by atoms with E-state index in [1.54, 1.807) is 24.3 Å². The van der Waals surface area contributed by atoms with Crippen LogP contribution in [0.5, 0.6) is 23.0 Å². The smallest absolute Gasteiger partial charge is 0.271 e. The number of hydrazone groups is 1. The molecular formula is C25H25BrN2O5. The van der Waals surface area contributed by atoms with Gasteiger partial charge in [0.1, 0.15) is 6.61 Å². The van der Waals surface area contributed by atoms with Crippen molar-refractivity contribution in [1.29, 1.82) is 0 Å². The number of carbonyl (C=O) groups excluding carboxylic acids is 1. The van der Waals surface area contributed by atoms with Gasteiger partial charge in [-0.05, 0) is 64.3 Å². The molecule has 0 fully saturated rings. The standard InChI is InChI=1S/C25H25BrN2O5/c1-4-32-23-13-18(12-20(26)24(23)33-16-17-8-6-5-7-9-17)15-27-28-25(29)19-10-11-21(30-2)22(14-19)31-3/h5-15H,4,16H2,1-3H3,(H,28,29)/b27-15+. The first-order valence-corrected chi connectivity index (χ1v) is 11.0. The van der Waals surface area contributed by atoms with Gasteiger partial charge in [-0.1, -0.05) is 30.3 Å². The van der Waals surface area contributed by atoms with Gasteiger partial charge in [0.2, 0.25) is 0 Å². The average Bonchev–Trinajstić information content (AvgIpc) is 2.83. The number of hydrogen-bond acceptors (Lipinski definition) is 6. The summed E-state index contributed by atoms with van der Waals surface area (Å²) in [6, 6.07) is 18.4. The first-order chi connectivity index (χ1) is 16.0. The van der Waals surface area contributed by atoms with E-state index in [2.05, 4.69) is 26.5 Å². The molecule has 0 saturated carbocycles. The molecule has 0 heterocycles. The van der Waals surface area contributed by atoms with Crippen LogP contribution in [0.3, 0.4) is 0 Å². The quantitative estimate of drug-likeness (QED) is 0.298. The third-order valence-corrected chi connectivity index (χ3v) is 5.17. The van der Waals surface area contributed by atoms with Gasteiger partial charge in [0.05, 0.1) is 31.5 Å². The second-order valence-corrected chi connectivity index (χ2v) is 7.66. The van der Waals surface area contributed by atoms with Gasteiger partial charge in [0, 0.05) is 5.56 Å². The van der Waals surface area contributed by atoms with E-state index in [-0.39, 0.29) is 5.91 Å². The minimum atomic E-state index is -0.376. The molecule has 1 amide bonds. The topological polar surface area (TPSA) is 78.4 Å². The Morgan fingerprint density at radius 1 is 0.970 bits per heavy atom. The number of ether oxygens (including phenoxy) is 4. The lowest BCUT2D eigenvalue weighted by Crippen LogP contribution is -2.17. The van der Waals surface area contributed by atoms with Gasteiger partial charge in [0.25, 0.3) is 5.91 Å². The summed E-state index contributed by atoms with van der Waals surface area (Å²) in [5.41, 5.74) is 4.69. The Balaban J connectivity index is 1.71. The fourth-order valence-corrected chi connectivity index (χ4v) is 3.58. The van der Waals surface area contributed by atoms with Crippen molar-refractivity contribution in [2.45, 2.75) is 13.5 Å². The number of hydrogen-bond donors (Lipinski definition) is 1. The molecular weight excluding hydrogens is 488 g/mol. The van der Waals surface area contributed by atoms with E-state index in [0.717, 1.165) is 15.6 Å². The van der Waals surface area contributed by atoms with Gasteiger partial charge in [-0.3, -0.25) is 4.79 Å². The zero-order valence-electron chi connectivity index (χ0n) is 18.6. The summed E-state index contributed by atoms with van der Waals surface area (Å²) in [6.45, 7) is 2.79. The maximum atomic E-state index is 12.4. The fraction of sp³-hybridized carbons (Fsp3) is 0.200. The molecule has 0 aliphatic rings. The molecule has 1 N–H and O–H groups in total. The predicted octanol–water partition coefficient (Wildman–Crippen LogP) is 5.21. The minimum Gasteiger partial charge on any atom is -0.493 e. The van der Waals surface area contributed by atoms with Crippen LogP contribution >= 0.6 is 15.9 Å². The first kappa shape index (κ1) is 24.1. The highest BCUT2D eigenvalue weighted by Gasteiger charge is 2.13. The molecule has 0 radical (unpaired) electrons. The second-order valence-electron chi connectivity index (χ2n) is 6.81. The van der Waals surface area contributed by atoms with Gasteiger partial charge in [-0.15, -0.1) is 0 Å². The third-order valence-electron chi connectivity index (χ3n) is 4.58. The molecule has 0 saturated heterocycles. The van der Waals surface area contributed by atoms with Crippen molar-refractivity contribution < 1.29 is 23.7 Å². The van der Waals surface area contributed by atoms with Crippen LogP contribution < -0.4 is 24.4 Å². The predicted molar refractivity (Wildman–Crippen MR) is 131 cm³/mol. The van der Waals surface area contributed by atoms with Crippen molar-refractivity contribution in [3.8, 4) is 23.0 Å². The molecule has 0 aliphatic heterocycles. The number of carbonyl (C=O) groups is 1. The zero-order chi connectivity index (χ0) is 23.6. The summed E-state index contributed by atoms with van der Waals surface area (Å²) in [7, 11) is 3.05. The molecule has 0 aliphatic carbocycles. The SMILES string of the molecule is CCOc1cc(/C=N/NC(=O)c2ccc(OC)c(OC)c2)cc(Br)c1OCc1ccccc1. The second kappa shape index (κ2) is 11.9. The van der Waals surface area contributed by atoms with E-state index in [9.17, 15) is 4.79 Å². The molecule has 8 heteroatoms. The van der Waals surface area contributed by atoms with Crippen LogP contribution in [0.2, 0.25) is 0 Å². The van der Waals surface area contributed by atoms with Crippen LogP contribution in [0.1, 0.15) is 28.4 Å². The molecule has 0 spiro atoms. The minimum absolute atomic E-state index is 0.376. The number of halogens is 1. The number of nitrogens with zero attached hydrogens (tertiary/aromatic N) is 1. The summed E-state index contributed by atoms with van der Waals surface area (Å²) >= 11 is 3.55. The Morgan fingerprint density at radius 2 is 1.73 bits per heavy atom. The summed E-state index contributed by atoms with van der Waals surface area (Å²) in [4.78, 5) is 12.4. The molecule has 3 aromatic carbocycles. The van der Waals surface area contributed by atoms with Crippen molar-refractivity contribution in [1.82, 2.24) is 5.43 Å². The molecule has 3 aromatic rings. The maximum absolute atomic E-state index is 12.4. The summed E-state index contributed by atoms with van der Waals surface area (Å²) in [5.74, 6) is 1.81. The van der Waals surface area contributed by atoms with E-state index in [1.165, 1.54) is 20.4 Å². The van der Waals surface area contributed by atoms with Crippen molar-refractivity contribution >= 4 is 28.1 Å². The lowest BCUT2D eigenvalue weighted by molar-refractivity contribution is 0.0954. The average molecular weight is 513 g/mol. The normalized spacial score (nSPS) is 10.7. The van der Waals surface area contributed by atoms with Gasteiger partial charge in [0.15, 0.2) is 23.0 Å². The fourth-order valence-electron chi connectivity index (χ4n) is 3.00. The van der Waals surface area contributed by atoms with Crippen molar-refractivity contribution in [2.75, 3.05) is 20.8 Å². The van der Waals surface area contributed by atoms with Crippen molar-refractivity contribution in [2.24, 2.45) is 5.10 Å². The Bertz CT molecular complexity index is 1120. The molecule has 172 valence electrons. The van der Waals surface area contributed by atoms with E-state index in [4.69, 9.17) is 18.9 Å². The monoisotopic (exact) mass is 512 g/mol. The van der Waals surface area contributed by atoms with Crippen molar-refractivity contribution in [3.63, 3.8) is 0 Å². The molecule has 0 aromatic heterocycles. The molecule has 7 nitrogen and oxygen atoms in total. The van der Waals surface area contributed by atoms with Crippen LogP contribution in [-0.2, 0) is 6.61 Å². The van der Waals surface area contributed by atoms with E-state index >= 15 is 0 Å². The Morgan fingerprint density at radius 3 is 2.42 bits per heavy atom. The number of methoxy groups -OCH3 is 2. The number of benzene rings is 3. The molecule has 33 heavy (non-hydrogen) atoms. The van der Waals surface area contributed by atoms with Crippen molar-refractivity contribution in [3.05, 3.63) is 81.8 Å². The highest BCUT2D eigenvalue weighted by atomic mass is 79.9. The maximum Gasteiger partial charge on any atom is 0.271 e. The highest BCUT2D eigenvalue weighted by molar-refractivity contribution is 9.10. The Labute approximate surface area is 201 Å². The van der Waals surface area contributed by atoms with E-state index in [0.29, 0.717) is 41.8 Å². The lowest BCUT2D eigenvalue weighted by atomic mass is 10.2. The number of nitrogens with one attached hydrogen (secondary N) is 1. The first-order valence-electron chi connectivity index (χ1n) is 10.2. The van der Waals surface area contributed by atoms with Gasteiger partial charge >= 0.3 is 0 Å². The van der Waals surface area contributed by atoms with Gasteiger partial charge in [-0.2, -0.15) is 5.10 Å². The zero-order valence-corrected chi connectivity index (χ0v) is 20.2. The lowest BCUT2D eigenvalue weighted by Gasteiger charge is -2.14. The molecule has 0 unspecified atom stereocenters. The highest BCUT2D eigenvalue weighted by Crippen LogP contribution is 2.37. The van der Waals surface area contributed by atoms with E-state index < -0.39 is 0 Å². The largest absolute Gasteiger partial charge is 0.493 e. The van der Waals surface area contributed by atoms with Crippen LogP contribution in [0.25, 0.3) is 0 Å².